The molecule has 196 valence electrons. The summed E-state index contributed by atoms with van der Waals surface area (Å²) in [6.07, 6.45) is 0.960. The summed E-state index contributed by atoms with van der Waals surface area (Å²) in [5.74, 6) is 0.272. The van der Waals surface area contributed by atoms with E-state index in [9.17, 15) is 18.3 Å². The fourth-order valence-electron chi connectivity index (χ4n) is 3.76. The highest BCUT2D eigenvalue weighted by atomic mass is 32.2. The van der Waals surface area contributed by atoms with Crippen LogP contribution in [0.4, 0.5) is 11.6 Å². The van der Waals surface area contributed by atoms with E-state index in [4.69, 9.17) is 14.9 Å². The number of sulfonamides is 1. The van der Waals surface area contributed by atoms with Crippen molar-refractivity contribution in [1.82, 2.24) is 15.0 Å². The van der Waals surface area contributed by atoms with Crippen LogP contribution >= 0.6 is 0 Å². The van der Waals surface area contributed by atoms with E-state index in [0.29, 0.717) is 60.2 Å². The normalized spacial score (nSPS) is 14.2. The minimum Gasteiger partial charge on any atom is -0.476 e. The third-order valence-corrected chi connectivity index (χ3v) is 7.01. The van der Waals surface area contributed by atoms with Crippen molar-refractivity contribution in [2.24, 2.45) is 5.14 Å². The molecule has 0 radical (unpaired) electrons. The number of anilines is 2. The minimum absolute atomic E-state index is 0.0416. The van der Waals surface area contributed by atoms with Crippen molar-refractivity contribution in [3.8, 4) is 17.1 Å². The zero-order valence-electron chi connectivity index (χ0n) is 20.5. The summed E-state index contributed by atoms with van der Waals surface area (Å²) in [5.41, 5.74) is 2.76. The van der Waals surface area contributed by atoms with Gasteiger partial charge in [-0.2, -0.15) is 4.98 Å². The van der Waals surface area contributed by atoms with Crippen LogP contribution in [0.3, 0.4) is 0 Å². The summed E-state index contributed by atoms with van der Waals surface area (Å²) in [7, 11) is -3.75. The van der Waals surface area contributed by atoms with Gasteiger partial charge >= 0.3 is 0 Å². The van der Waals surface area contributed by atoms with Crippen LogP contribution in [0.15, 0.2) is 65.6 Å². The molecule has 0 atom stereocenters. The van der Waals surface area contributed by atoms with Crippen molar-refractivity contribution in [2.75, 3.05) is 17.2 Å². The number of carbonyl (C=O) groups is 1. The number of aromatic nitrogens is 3. The van der Waals surface area contributed by atoms with Crippen LogP contribution in [0, 0.1) is 0 Å². The van der Waals surface area contributed by atoms with Gasteiger partial charge in [-0.25, -0.2) is 23.5 Å². The number of fused-ring (bicyclic) bond motifs is 1. The van der Waals surface area contributed by atoms with Crippen molar-refractivity contribution in [3.63, 3.8) is 0 Å². The summed E-state index contributed by atoms with van der Waals surface area (Å²) in [5, 5.41) is 20.9. The molecule has 4 aromatic rings. The predicted octanol–water partition coefficient (Wildman–Crippen LogP) is 2.81. The van der Waals surface area contributed by atoms with Gasteiger partial charge in [0.25, 0.3) is 5.91 Å². The number of hydrogen-bond acceptors (Lipinski definition) is 9. The van der Waals surface area contributed by atoms with E-state index in [-0.39, 0.29) is 4.90 Å². The summed E-state index contributed by atoms with van der Waals surface area (Å²) in [4.78, 5) is 25.9. The quantitative estimate of drug-likeness (QED) is 0.252. The van der Waals surface area contributed by atoms with Crippen molar-refractivity contribution >= 4 is 38.6 Å². The third-order valence-electron chi connectivity index (χ3n) is 6.08. The summed E-state index contributed by atoms with van der Waals surface area (Å²) in [6.45, 7) is 2.59. The van der Waals surface area contributed by atoms with Crippen molar-refractivity contribution in [3.05, 3.63) is 66.2 Å². The highest BCUT2D eigenvalue weighted by molar-refractivity contribution is 7.89. The lowest BCUT2D eigenvalue weighted by atomic mass is 10.1. The van der Waals surface area contributed by atoms with Crippen LogP contribution in [0.5, 0.6) is 5.88 Å². The van der Waals surface area contributed by atoms with Crippen LogP contribution in [0.1, 0.15) is 25.3 Å². The smallest absolute Gasteiger partial charge is 0.256 e. The molecule has 0 bridgehead atoms. The second-order valence-electron chi connectivity index (χ2n) is 8.96. The second-order valence-corrected chi connectivity index (χ2v) is 10.5. The van der Waals surface area contributed by atoms with Crippen molar-refractivity contribution in [1.29, 1.82) is 0 Å². The Kier molecular flexibility index (Phi) is 6.69. The summed E-state index contributed by atoms with van der Waals surface area (Å²) in [6, 6.07) is 17.1. The zero-order chi connectivity index (χ0) is 26.9. The molecule has 5 rings (SSSR count). The van der Waals surface area contributed by atoms with Gasteiger partial charge in [0.2, 0.25) is 21.9 Å². The number of carbonyl (C=O) groups excluding carboxylic acids is 1. The second kappa shape index (κ2) is 9.97. The lowest BCUT2D eigenvalue weighted by molar-refractivity contribution is -0.125. The fraction of sp³-hybridized carbons (Fsp3) is 0.231. The fourth-order valence-corrected chi connectivity index (χ4v) is 4.28. The molecule has 0 unspecified atom stereocenters. The molecule has 1 aliphatic rings. The first kappa shape index (κ1) is 25.5. The maximum absolute atomic E-state index is 12.1. The summed E-state index contributed by atoms with van der Waals surface area (Å²) >= 11 is 0. The number of aliphatic hydroxyl groups is 1. The van der Waals surface area contributed by atoms with Gasteiger partial charge in [-0.3, -0.25) is 4.79 Å². The Labute approximate surface area is 219 Å². The van der Waals surface area contributed by atoms with Crippen LogP contribution in [-0.2, 0) is 21.4 Å². The number of primary sulfonamides is 1. The number of nitrogens with one attached hydrogen (secondary N) is 2. The topological polar surface area (TPSA) is 169 Å². The van der Waals surface area contributed by atoms with E-state index in [1.807, 2.05) is 31.2 Å². The Hall–Kier alpha value is -4.13. The molecule has 38 heavy (non-hydrogen) atoms. The Balaban J connectivity index is 1.35. The van der Waals surface area contributed by atoms with Gasteiger partial charge in [-0.05, 0) is 61.7 Å². The van der Waals surface area contributed by atoms with Crippen molar-refractivity contribution in [2.45, 2.75) is 36.8 Å². The summed E-state index contributed by atoms with van der Waals surface area (Å²) < 4.78 is 28.6. The van der Waals surface area contributed by atoms with E-state index in [2.05, 4.69) is 20.6 Å². The lowest BCUT2D eigenvalue weighted by Gasteiger charge is -2.12. The highest BCUT2D eigenvalue weighted by Gasteiger charge is 2.48. The Morgan fingerprint density at radius 1 is 1.03 bits per heavy atom. The molecule has 2 heterocycles. The van der Waals surface area contributed by atoms with Gasteiger partial charge in [0.05, 0.1) is 22.7 Å². The molecular weight excluding hydrogens is 508 g/mol. The molecule has 2 aromatic heterocycles. The van der Waals surface area contributed by atoms with Gasteiger partial charge in [0, 0.05) is 17.8 Å². The van der Waals surface area contributed by atoms with E-state index >= 15 is 0 Å². The number of rotatable bonds is 9. The average molecular weight is 535 g/mol. The maximum atomic E-state index is 12.1. The van der Waals surface area contributed by atoms with Gasteiger partial charge in [0.15, 0.2) is 5.52 Å². The lowest BCUT2D eigenvalue weighted by Crippen LogP contribution is -2.29. The largest absolute Gasteiger partial charge is 0.476 e. The van der Waals surface area contributed by atoms with Crippen LogP contribution in [0.25, 0.3) is 22.3 Å². The number of ether oxygens (including phenoxy) is 1. The maximum Gasteiger partial charge on any atom is 0.256 e. The van der Waals surface area contributed by atoms with E-state index in [0.717, 1.165) is 11.1 Å². The van der Waals surface area contributed by atoms with Crippen LogP contribution in [0.2, 0.25) is 0 Å². The molecular formula is C26H26N6O5S. The van der Waals surface area contributed by atoms with E-state index in [1.165, 1.54) is 12.1 Å². The van der Waals surface area contributed by atoms with Crippen LogP contribution < -0.4 is 20.5 Å². The molecule has 0 saturated heterocycles. The molecule has 11 nitrogen and oxygen atoms in total. The number of pyridine rings is 1. The minimum atomic E-state index is -3.75. The molecule has 12 heteroatoms. The highest BCUT2D eigenvalue weighted by Crippen LogP contribution is 2.36. The molecule has 0 aliphatic heterocycles. The Morgan fingerprint density at radius 2 is 1.74 bits per heavy atom. The zero-order valence-corrected chi connectivity index (χ0v) is 21.3. The average Bonchev–Trinajstić information content (AvgIpc) is 3.66. The standard InChI is InChI=1S/C26H26N6O5S/c1-2-37-23-22-21(31-25(32-23)28-15-16-3-9-19(10-4-16)38(27,35)36)12-11-20(30-22)17-5-7-18(8-6-17)29-24(33)26(34)13-14-26/h3-12,34H,2,13-15H2,1H3,(H,29,33)(H2,27,35,36)(H,28,31,32). The SMILES string of the molecule is CCOc1nc(NCc2ccc(S(N)(=O)=O)cc2)nc2ccc(-c3ccc(NC(=O)C4(O)CC4)cc3)nc12. The number of nitrogens with two attached hydrogens (primary N) is 1. The van der Waals surface area contributed by atoms with E-state index < -0.39 is 21.5 Å². The Morgan fingerprint density at radius 3 is 2.37 bits per heavy atom. The third kappa shape index (κ3) is 5.57. The number of amides is 1. The Bertz CT molecular complexity index is 1600. The molecule has 1 amide bonds. The van der Waals surface area contributed by atoms with Gasteiger partial charge in [0.1, 0.15) is 5.60 Å². The monoisotopic (exact) mass is 534 g/mol. The number of nitrogens with zero attached hydrogens (tertiary/aromatic N) is 3. The first-order valence-electron chi connectivity index (χ1n) is 12.0. The van der Waals surface area contributed by atoms with Crippen LogP contribution in [-0.4, -0.2) is 46.6 Å². The molecule has 2 aromatic carbocycles. The predicted molar refractivity (Wildman–Crippen MR) is 142 cm³/mol. The van der Waals surface area contributed by atoms with E-state index in [1.54, 1.807) is 24.3 Å². The molecule has 5 N–H and O–H groups in total. The first-order chi connectivity index (χ1) is 18.1. The molecule has 1 saturated carbocycles. The number of hydrogen-bond donors (Lipinski definition) is 4. The molecule has 1 fully saturated rings. The van der Waals surface area contributed by atoms with Crippen molar-refractivity contribution < 1.29 is 23.1 Å². The van der Waals surface area contributed by atoms with Gasteiger partial charge in [-0.15, -0.1) is 0 Å². The molecule has 1 aliphatic carbocycles. The van der Waals surface area contributed by atoms with Gasteiger partial charge in [-0.1, -0.05) is 24.3 Å². The van der Waals surface area contributed by atoms with Gasteiger partial charge < -0.3 is 20.5 Å². The first-order valence-corrected chi connectivity index (χ1v) is 13.5. The molecule has 0 spiro atoms. The number of benzene rings is 2.